The Labute approximate surface area is 117 Å². The van der Waals surface area contributed by atoms with Gasteiger partial charge in [-0.15, -0.1) is 0 Å². The van der Waals surface area contributed by atoms with Gasteiger partial charge in [0.1, 0.15) is 0 Å². The smallest absolute Gasteiger partial charge is 0.172 e. The van der Waals surface area contributed by atoms with E-state index in [4.69, 9.17) is 9.78 Å². The van der Waals surface area contributed by atoms with Crippen LogP contribution < -0.4 is 4.89 Å². The van der Waals surface area contributed by atoms with Crippen molar-refractivity contribution in [3.8, 4) is 5.75 Å². The maximum atomic E-state index is 5.47. The molecule has 2 nitrogen and oxygen atoms in total. The van der Waals surface area contributed by atoms with Crippen LogP contribution in [0.4, 0.5) is 0 Å². The summed E-state index contributed by atoms with van der Waals surface area (Å²) in [6.07, 6.45) is 1.06. The van der Waals surface area contributed by atoms with Gasteiger partial charge < -0.3 is 4.89 Å². The molecule has 0 N–H and O–H groups in total. The summed E-state index contributed by atoms with van der Waals surface area (Å²) in [6, 6.07) is 2.21. The lowest BCUT2D eigenvalue weighted by Gasteiger charge is -2.38. The van der Waals surface area contributed by atoms with Crippen LogP contribution in [0.5, 0.6) is 5.75 Å². The van der Waals surface area contributed by atoms with E-state index in [0.717, 1.165) is 12.2 Å². The summed E-state index contributed by atoms with van der Waals surface area (Å²) in [5.41, 5.74) is 5.21. The fourth-order valence-electron chi connectivity index (χ4n) is 2.54. The topological polar surface area (TPSA) is 18.5 Å². The molecule has 1 aromatic carbocycles. The van der Waals surface area contributed by atoms with Crippen LogP contribution in [0.15, 0.2) is 6.07 Å². The van der Waals surface area contributed by atoms with Gasteiger partial charge in [0, 0.05) is 11.0 Å². The molecule has 0 amide bonds. The van der Waals surface area contributed by atoms with Crippen LogP contribution in [0.1, 0.15) is 43.0 Å². The molecule has 0 saturated carbocycles. The van der Waals surface area contributed by atoms with Crippen molar-refractivity contribution >= 4 is 22.6 Å². The molecule has 0 aliphatic carbocycles. The number of rotatable bonds is 1. The summed E-state index contributed by atoms with van der Waals surface area (Å²) in [6.45, 7) is 10.9. The molecule has 2 rings (SSSR count). The second-order valence-corrected chi connectivity index (χ2v) is 6.38. The van der Waals surface area contributed by atoms with Gasteiger partial charge in [-0.3, -0.25) is 0 Å². The Morgan fingerprint density at radius 2 is 2.00 bits per heavy atom. The van der Waals surface area contributed by atoms with E-state index in [2.05, 4.69) is 63.3 Å². The zero-order valence-electron chi connectivity index (χ0n) is 11.1. The van der Waals surface area contributed by atoms with Gasteiger partial charge in [0.25, 0.3) is 0 Å². The molecular formula is C14H19IO2. The molecule has 0 spiro atoms. The second-order valence-electron chi connectivity index (χ2n) is 5.25. The average molecular weight is 346 g/mol. The van der Waals surface area contributed by atoms with E-state index < -0.39 is 0 Å². The first-order chi connectivity index (χ1) is 7.89. The number of benzene rings is 1. The predicted molar refractivity (Wildman–Crippen MR) is 77.8 cm³/mol. The second kappa shape index (κ2) is 4.43. The van der Waals surface area contributed by atoms with Gasteiger partial charge >= 0.3 is 0 Å². The quantitative estimate of drug-likeness (QED) is 0.430. The fraction of sp³-hybridized carbons (Fsp3) is 0.571. The lowest BCUT2D eigenvalue weighted by molar-refractivity contribution is -0.239. The molecule has 0 radical (unpaired) electrons. The summed E-state index contributed by atoms with van der Waals surface area (Å²) < 4.78 is 0.0396. The van der Waals surface area contributed by atoms with Crippen molar-refractivity contribution in [1.29, 1.82) is 0 Å². The molecule has 1 aromatic rings. The average Bonchev–Trinajstić information content (AvgIpc) is 2.27. The van der Waals surface area contributed by atoms with Gasteiger partial charge in [0.15, 0.2) is 9.86 Å². The maximum absolute atomic E-state index is 5.47. The molecule has 1 aliphatic heterocycles. The molecular weight excluding hydrogens is 327 g/mol. The van der Waals surface area contributed by atoms with E-state index in [0.29, 0.717) is 0 Å². The zero-order chi connectivity index (χ0) is 12.8. The summed E-state index contributed by atoms with van der Waals surface area (Å²) in [5, 5.41) is 0. The minimum Gasteiger partial charge on any atom is -0.336 e. The highest BCUT2D eigenvalue weighted by Crippen LogP contribution is 2.46. The number of halogens is 1. The molecule has 1 aliphatic rings. The highest BCUT2D eigenvalue weighted by molar-refractivity contribution is 14.1. The number of fused-ring (bicyclic) bond motifs is 1. The molecule has 0 bridgehead atoms. The van der Waals surface area contributed by atoms with Gasteiger partial charge in [0.2, 0.25) is 0 Å². The van der Waals surface area contributed by atoms with E-state index in [9.17, 15) is 0 Å². The number of hydrogen-bond donors (Lipinski definition) is 0. The third-order valence-electron chi connectivity index (χ3n) is 3.64. The van der Waals surface area contributed by atoms with Crippen molar-refractivity contribution in [2.24, 2.45) is 0 Å². The largest absolute Gasteiger partial charge is 0.336 e. The fourth-order valence-corrected chi connectivity index (χ4v) is 2.95. The zero-order valence-corrected chi connectivity index (χ0v) is 13.2. The number of hydrogen-bond acceptors (Lipinski definition) is 2. The lowest BCUT2D eigenvalue weighted by atomic mass is 9.79. The monoisotopic (exact) mass is 346 g/mol. The summed E-state index contributed by atoms with van der Waals surface area (Å²) in [7, 11) is 0. The van der Waals surface area contributed by atoms with Crippen LogP contribution in [0.25, 0.3) is 0 Å². The molecule has 0 fully saturated rings. The van der Waals surface area contributed by atoms with Gasteiger partial charge in [-0.05, 0) is 59.5 Å². The molecule has 17 heavy (non-hydrogen) atoms. The predicted octanol–water partition coefficient (Wildman–Crippen LogP) is 4.23. The Morgan fingerprint density at radius 1 is 1.35 bits per heavy atom. The highest BCUT2D eigenvalue weighted by atomic mass is 127. The molecule has 0 aromatic heterocycles. The minimum absolute atomic E-state index is 0.0197. The Bertz CT molecular complexity index is 452. The van der Waals surface area contributed by atoms with Crippen molar-refractivity contribution < 1.29 is 9.78 Å². The number of alkyl halides is 1. The van der Waals surface area contributed by atoms with Crippen molar-refractivity contribution in [3.05, 3.63) is 28.3 Å². The van der Waals surface area contributed by atoms with E-state index in [1.54, 1.807) is 0 Å². The molecule has 1 atom stereocenters. The van der Waals surface area contributed by atoms with Crippen LogP contribution >= 0.6 is 22.6 Å². The summed E-state index contributed by atoms with van der Waals surface area (Å²) in [5.74, 6) is 0.914. The molecule has 3 heteroatoms. The van der Waals surface area contributed by atoms with Gasteiger partial charge in [0.05, 0.1) is 0 Å². The molecule has 1 unspecified atom stereocenters. The number of aryl methyl sites for hydroxylation is 2. The lowest BCUT2D eigenvalue weighted by Crippen LogP contribution is -2.38. The van der Waals surface area contributed by atoms with Crippen molar-refractivity contribution in [2.75, 3.05) is 0 Å². The Kier molecular flexibility index (Phi) is 3.42. The Balaban J connectivity index is 2.72. The van der Waals surface area contributed by atoms with E-state index in [-0.39, 0.29) is 9.53 Å². The normalized spacial score (nSPS) is 21.9. The third-order valence-corrected chi connectivity index (χ3v) is 5.41. The van der Waals surface area contributed by atoms with Gasteiger partial charge in [-0.1, -0.05) is 26.8 Å². The summed E-state index contributed by atoms with van der Waals surface area (Å²) in [4.78, 5) is 10.9. The van der Waals surface area contributed by atoms with Gasteiger partial charge in [-0.2, -0.15) is 4.89 Å². The van der Waals surface area contributed by atoms with Crippen molar-refractivity contribution in [3.63, 3.8) is 0 Å². The minimum atomic E-state index is -0.0197. The summed E-state index contributed by atoms with van der Waals surface area (Å²) >= 11 is 2.30. The highest BCUT2D eigenvalue weighted by Gasteiger charge is 2.40. The van der Waals surface area contributed by atoms with Crippen LogP contribution in [0.2, 0.25) is 0 Å². The van der Waals surface area contributed by atoms with Crippen LogP contribution in [-0.4, -0.2) is 4.11 Å². The SMILES string of the molecule is CCc1cc(C)c2c(c1C)C(C)(C)C(I)OO2. The van der Waals surface area contributed by atoms with Crippen LogP contribution in [0.3, 0.4) is 0 Å². The van der Waals surface area contributed by atoms with E-state index in [1.165, 1.54) is 22.3 Å². The van der Waals surface area contributed by atoms with E-state index in [1.807, 2.05) is 0 Å². The van der Waals surface area contributed by atoms with Gasteiger partial charge in [-0.25, -0.2) is 0 Å². The van der Waals surface area contributed by atoms with Crippen molar-refractivity contribution in [2.45, 2.75) is 50.6 Å². The standard InChI is InChI=1S/C14H19IO2/c1-6-10-7-8(2)12-11(9(10)3)14(4,5)13(15)17-16-12/h7,13H,6H2,1-5H3. The third kappa shape index (κ3) is 1.97. The first-order valence-electron chi connectivity index (χ1n) is 6.00. The van der Waals surface area contributed by atoms with E-state index >= 15 is 0 Å². The Morgan fingerprint density at radius 3 is 2.59 bits per heavy atom. The molecule has 0 saturated heterocycles. The maximum Gasteiger partial charge on any atom is 0.172 e. The van der Waals surface area contributed by atoms with Crippen LogP contribution in [-0.2, 0) is 16.7 Å². The molecule has 94 valence electrons. The molecule has 1 heterocycles. The van der Waals surface area contributed by atoms with Crippen LogP contribution in [0, 0.1) is 13.8 Å². The first kappa shape index (κ1) is 13.1. The Hall–Kier alpha value is -0.290. The van der Waals surface area contributed by atoms with Crippen molar-refractivity contribution in [1.82, 2.24) is 0 Å². The first-order valence-corrected chi connectivity index (χ1v) is 7.25.